The van der Waals surface area contributed by atoms with Gasteiger partial charge in [0.1, 0.15) is 0 Å². The minimum Gasteiger partial charge on any atom is -0.0656 e. The maximum Gasteiger partial charge on any atom is 0.0776 e. The molecule has 0 amide bonds. The molecule has 42 heavy (non-hydrogen) atoms. The van der Waals surface area contributed by atoms with Crippen LogP contribution in [-0.4, -0.2) is 16.1 Å². The second-order valence-corrected chi connectivity index (χ2v) is 26.5. The third-order valence-corrected chi connectivity index (χ3v) is 12.9. The smallest absolute Gasteiger partial charge is 0.0656 e. The van der Waals surface area contributed by atoms with Crippen LogP contribution in [0.4, 0.5) is 0 Å². The zero-order valence-corrected chi connectivity index (χ0v) is 30.1. The summed E-state index contributed by atoms with van der Waals surface area (Å²) in [6.07, 6.45) is 0. The molecule has 0 radical (unpaired) electrons. The monoisotopic (exact) mass is 586 g/mol. The second kappa shape index (κ2) is 10.3. The summed E-state index contributed by atoms with van der Waals surface area (Å²) >= 11 is 0. The molecule has 5 aromatic rings. The van der Waals surface area contributed by atoms with E-state index >= 15 is 0 Å². The van der Waals surface area contributed by atoms with Crippen LogP contribution in [0.3, 0.4) is 0 Å². The number of hydrogen-bond donors (Lipinski definition) is 0. The van der Waals surface area contributed by atoms with Crippen LogP contribution >= 0.6 is 0 Å². The van der Waals surface area contributed by atoms with Crippen molar-refractivity contribution in [2.75, 3.05) is 0 Å². The molecular weight excluding hydrogens is 537 g/mol. The van der Waals surface area contributed by atoms with Gasteiger partial charge in [-0.25, -0.2) is 0 Å². The Hall–Kier alpha value is -2.95. The Morgan fingerprint density at radius 2 is 0.738 bits per heavy atom. The zero-order valence-electron chi connectivity index (χ0n) is 28.1. The maximum absolute atomic E-state index is 2.56. The van der Waals surface area contributed by atoms with Gasteiger partial charge in [-0.1, -0.05) is 176 Å². The Balaban J connectivity index is 2.10. The summed E-state index contributed by atoms with van der Waals surface area (Å²) in [4.78, 5) is 0. The van der Waals surface area contributed by atoms with Crippen LogP contribution in [0.2, 0.25) is 39.3 Å². The van der Waals surface area contributed by atoms with Gasteiger partial charge in [0.05, 0.1) is 16.1 Å². The molecule has 0 aliphatic carbocycles. The van der Waals surface area contributed by atoms with E-state index in [4.69, 9.17) is 0 Å². The van der Waals surface area contributed by atoms with Gasteiger partial charge in [-0.2, -0.15) is 0 Å². The van der Waals surface area contributed by atoms with E-state index in [2.05, 4.69) is 166 Å². The fraction of sp³-hybridized carbons (Fsp3) is 0.350. The molecule has 0 aromatic heterocycles. The van der Waals surface area contributed by atoms with Gasteiger partial charge in [0.25, 0.3) is 0 Å². The van der Waals surface area contributed by atoms with E-state index in [1.54, 1.807) is 0 Å². The molecule has 218 valence electrons. The third-order valence-electron chi connectivity index (χ3n) is 8.86. The Labute approximate surface area is 257 Å². The molecule has 0 bridgehead atoms. The van der Waals surface area contributed by atoms with Crippen LogP contribution in [-0.2, 0) is 10.8 Å². The average molecular weight is 587 g/mol. The molecule has 0 fully saturated rings. The van der Waals surface area contributed by atoms with Crippen molar-refractivity contribution in [2.45, 2.75) is 91.7 Å². The fourth-order valence-electron chi connectivity index (χ4n) is 6.45. The first-order valence-corrected chi connectivity index (χ1v) is 22.6. The van der Waals surface area contributed by atoms with E-state index in [-0.39, 0.29) is 10.8 Å². The van der Waals surface area contributed by atoms with Gasteiger partial charge in [-0.15, -0.1) is 0 Å². The normalized spacial score (nSPS) is 13.2. The predicted octanol–water partition coefficient (Wildman–Crippen LogP) is 11.0. The van der Waals surface area contributed by atoms with Crippen molar-refractivity contribution in [2.24, 2.45) is 0 Å². The van der Waals surface area contributed by atoms with Crippen molar-refractivity contribution in [3.05, 3.63) is 96.1 Å². The second-order valence-electron chi connectivity index (χ2n) is 16.4. The number of hydrogen-bond acceptors (Lipinski definition) is 0. The molecule has 0 aliphatic rings. The molecule has 0 N–H and O–H groups in total. The van der Waals surface area contributed by atoms with E-state index in [0.29, 0.717) is 0 Å². The van der Waals surface area contributed by atoms with Gasteiger partial charge >= 0.3 is 0 Å². The summed E-state index contributed by atoms with van der Waals surface area (Å²) in [6.45, 7) is 28.9. The lowest BCUT2D eigenvalue weighted by atomic mass is 9.76. The van der Waals surface area contributed by atoms with Gasteiger partial charge in [0.15, 0.2) is 0 Å². The van der Waals surface area contributed by atoms with Crippen LogP contribution in [0.15, 0.2) is 84.9 Å². The quantitative estimate of drug-likeness (QED) is 0.145. The van der Waals surface area contributed by atoms with Gasteiger partial charge in [-0.3, -0.25) is 0 Å². The van der Waals surface area contributed by atoms with Crippen molar-refractivity contribution in [1.29, 1.82) is 0 Å². The Kier molecular flexibility index (Phi) is 7.52. The highest BCUT2D eigenvalue weighted by Crippen LogP contribution is 2.47. The van der Waals surface area contributed by atoms with E-state index in [0.717, 1.165) is 0 Å². The molecule has 0 aliphatic heterocycles. The van der Waals surface area contributed by atoms with Crippen molar-refractivity contribution < 1.29 is 0 Å². The third kappa shape index (κ3) is 5.56. The summed E-state index contributed by atoms with van der Waals surface area (Å²) in [5.41, 5.74) is 8.39. The first kappa shape index (κ1) is 30.5. The summed E-state index contributed by atoms with van der Waals surface area (Å²) in [6, 6.07) is 33.2. The lowest BCUT2D eigenvalue weighted by molar-refractivity contribution is 0.592. The van der Waals surface area contributed by atoms with Crippen molar-refractivity contribution in [3.63, 3.8) is 0 Å². The van der Waals surface area contributed by atoms with E-state index in [1.165, 1.54) is 65.3 Å². The molecule has 0 saturated carbocycles. The maximum atomic E-state index is 2.56. The topological polar surface area (TPSA) is 0 Å². The number of benzene rings is 5. The first-order valence-electron chi connectivity index (χ1n) is 15.6. The molecule has 0 spiro atoms. The lowest BCUT2D eigenvalue weighted by Crippen LogP contribution is -2.37. The van der Waals surface area contributed by atoms with E-state index in [9.17, 15) is 0 Å². The predicted molar refractivity (Wildman–Crippen MR) is 196 cm³/mol. The fourth-order valence-corrected chi connectivity index (χ4v) is 8.77. The van der Waals surface area contributed by atoms with E-state index in [1.807, 2.05) is 0 Å². The standard InChI is InChI=1S/C40H50Si2/c1-39(2,3)35-19-15-13-17-31(35)37-29-23-21-28(42(10,11)12)26-34(29)38(32-18-14-16-20-36(32)40(4,5)6)30-24-22-27(25-33(30)37)41(7,8)9/h13-26H,1-12H3. The molecule has 5 aromatic carbocycles. The molecule has 0 unspecified atom stereocenters. The van der Waals surface area contributed by atoms with Crippen molar-refractivity contribution in [3.8, 4) is 22.3 Å². The highest BCUT2D eigenvalue weighted by atomic mass is 28.3. The molecule has 5 rings (SSSR count). The number of rotatable bonds is 4. The highest BCUT2D eigenvalue weighted by molar-refractivity contribution is 6.89. The Bertz CT molecular complexity index is 1660. The SMILES string of the molecule is CC(C)(C)c1ccccc1-c1c2ccc([Si](C)(C)C)cc2c(-c2ccccc2C(C)(C)C)c2ccc([Si](C)(C)C)cc12. The summed E-state index contributed by atoms with van der Waals surface area (Å²) in [5.74, 6) is 0. The summed E-state index contributed by atoms with van der Waals surface area (Å²) in [7, 11) is -3.12. The van der Waals surface area contributed by atoms with Gasteiger partial charge < -0.3 is 0 Å². The molecule has 0 nitrogen and oxygen atoms in total. The van der Waals surface area contributed by atoms with Crippen molar-refractivity contribution in [1.82, 2.24) is 0 Å². The minimum absolute atomic E-state index is 0.0292. The van der Waals surface area contributed by atoms with Crippen LogP contribution < -0.4 is 10.4 Å². The lowest BCUT2D eigenvalue weighted by Gasteiger charge is -2.29. The Morgan fingerprint density at radius 1 is 0.405 bits per heavy atom. The molecule has 0 heterocycles. The first-order chi connectivity index (χ1) is 19.4. The minimum atomic E-state index is -1.56. The molecule has 0 saturated heterocycles. The largest absolute Gasteiger partial charge is 0.0776 e. The molecule has 2 heteroatoms. The highest BCUT2D eigenvalue weighted by Gasteiger charge is 2.28. The van der Waals surface area contributed by atoms with Crippen LogP contribution in [0.5, 0.6) is 0 Å². The summed E-state index contributed by atoms with van der Waals surface area (Å²) in [5, 5.41) is 8.53. The molecule has 0 atom stereocenters. The van der Waals surface area contributed by atoms with E-state index < -0.39 is 16.1 Å². The van der Waals surface area contributed by atoms with Crippen LogP contribution in [0, 0.1) is 0 Å². The van der Waals surface area contributed by atoms with Gasteiger partial charge in [0.2, 0.25) is 0 Å². The van der Waals surface area contributed by atoms with Gasteiger partial charge in [0, 0.05) is 0 Å². The van der Waals surface area contributed by atoms with Crippen LogP contribution in [0.1, 0.15) is 52.7 Å². The van der Waals surface area contributed by atoms with Gasteiger partial charge in [-0.05, 0) is 65.8 Å². The number of fused-ring (bicyclic) bond motifs is 2. The molecular formula is C40H50Si2. The average Bonchev–Trinajstić information content (AvgIpc) is 2.89. The Morgan fingerprint density at radius 3 is 1.05 bits per heavy atom. The van der Waals surface area contributed by atoms with Crippen molar-refractivity contribution >= 4 is 48.1 Å². The van der Waals surface area contributed by atoms with Crippen LogP contribution in [0.25, 0.3) is 43.8 Å². The summed E-state index contributed by atoms with van der Waals surface area (Å²) < 4.78 is 0. The zero-order chi connectivity index (χ0) is 30.8.